The minimum absolute atomic E-state index is 0.0748. The number of imidazole rings is 1. The van der Waals surface area contributed by atoms with Gasteiger partial charge in [0.05, 0.1) is 23.4 Å². The molecule has 2 aromatic carbocycles. The van der Waals surface area contributed by atoms with E-state index < -0.39 is 6.29 Å². The molecule has 1 N–H and O–H groups in total. The fourth-order valence-corrected chi connectivity index (χ4v) is 3.76. The molecule has 0 spiro atoms. The Labute approximate surface area is 168 Å². The Kier molecular flexibility index (Phi) is 5.29. The van der Waals surface area contributed by atoms with Crippen molar-refractivity contribution in [3.8, 4) is 11.5 Å². The molecule has 4 rings (SSSR count). The number of nitrogens with one attached hydrogen (secondary N) is 1. The topological polar surface area (TPSA) is 74.6 Å². The number of aromatic nitrogens is 2. The number of nitrogens with zero attached hydrogens (tertiary/aromatic N) is 2. The van der Waals surface area contributed by atoms with Crippen LogP contribution < -0.4 is 14.8 Å². The summed E-state index contributed by atoms with van der Waals surface area (Å²) in [5, 5.41) is 3.36. The van der Waals surface area contributed by atoms with Crippen molar-refractivity contribution >= 4 is 34.4 Å². The smallest absolute Gasteiger partial charge is 0.395 e. The summed E-state index contributed by atoms with van der Waals surface area (Å²) >= 11 is 1.28. The van der Waals surface area contributed by atoms with Gasteiger partial charge in [0.2, 0.25) is 5.91 Å². The number of alkyl halides is 2. The molecule has 0 saturated heterocycles. The lowest BCUT2D eigenvalue weighted by molar-refractivity contribution is -0.286. The van der Waals surface area contributed by atoms with Gasteiger partial charge >= 0.3 is 6.29 Å². The molecule has 0 bridgehead atoms. The zero-order chi connectivity index (χ0) is 20.4. The number of benzene rings is 2. The first-order valence-corrected chi connectivity index (χ1v) is 9.70. The number of ether oxygens (including phenoxy) is 3. The predicted molar refractivity (Wildman–Crippen MR) is 104 cm³/mol. The summed E-state index contributed by atoms with van der Waals surface area (Å²) in [6.45, 7) is 1.12. The molecular weight excluding hydrogens is 404 g/mol. The molecule has 1 aliphatic heterocycles. The third-order valence-corrected chi connectivity index (χ3v) is 5.13. The Morgan fingerprint density at radius 1 is 1.24 bits per heavy atom. The van der Waals surface area contributed by atoms with Crippen molar-refractivity contribution in [1.82, 2.24) is 9.55 Å². The third-order valence-electron chi connectivity index (χ3n) is 4.16. The molecule has 7 nitrogen and oxygen atoms in total. The van der Waals surface area contributed by atoms with Crippen LogP contribution in [0.3, 0.4) is 0 Å². The molecule has 29 heavy (non-hydrogen) atoms. The van der Waals surface area contributed by atoms with Gasteiger partial charge < -0.3 is 24.1 Å². The van der Waals surface area contributed by atoms with E-state index >= 15 is 0 Å². The number of halogens is 2. The molecule has 10 heteroatoms. The molecule has 1 aliphatic rings. The number of hydrogen-bond donors (Lipinski definition) is 1. The number of carbonyl (C=O) groups is 1. The number of para-hydroxylation sites is 2. The number of anilines is 1. The van der Waals surface area contributed by atoms with Crippen molar-refractivity contribution in [2.45, 2.75) is 18.0 Å². The number of hydrogen-bond acceptors (Lipinski definition) is 6. The van der Waals surface area contributed by atoms with E-state index in [1.165, 1.54) is 30.0 Å². The van der Waals surface area contributed by atoms with Gasteiger partial charge in [-0.25, -0.2) is 4.98 Å². The number of methoxy groups -OCH3 is 1. The van der Waals surface area contributed by atoms with Crippen LogP contribution in [-0.4, -0.2) is 41.2 Å². The first-order chi connectivity index (χ1) is 13.9. The van der Waals surface area contributed by atoms with Crippen molar-refractivity contribution in [2.75, 3.05) is 24.8 Å². The second kappa shape index (κ2) is 7.88. The number of carbonyl (C=O) groups excluding carboxylic acids is 1. The normalized spacial score (nSPS) is 14.3. The van der Waals surface area contributed by atoms with Crippen molar-refractivity contribution in [3.05, 3.63) is 42.5 Å². The van der Waals surface area contributed by atoms with Crippen molar-refractivity contribution in [3.63, 3.8) is 0 Å². The Morgan fingerprint density at radius 2 is 2.03 bits per heavy atom. The molecule has 0 aliphatic carbocycles. The van der Waals surface area contributed by atoms with E-state index in [1.54, 1.807) is 7.11 Å². The van der Waals surface area contributed by atoms with E-state index in [0.29, 0.717) is 24.0 Å². The third kappa shape index (κ3) is 4.28. The van der Waals surface area contributed by atoms with Crippen LogP contribution in [0.2, 0.25) is 0 Å². The van der Waals surface area contributed by atoms with Crippen molar-refractivity contribution < 1.29 is 27.8 Å². The summed E-state index contributed by atoms with van der Waals surface area (Å²) in [5.41, 5.74) is 2.14. The zero-order valence-corrected chi connectivity index (χ0v) is 16.2. The molecule has 0 saturated carbocycles. The average Bonchev–Trinajstić information content (AvgIpc) is 3.19. The zero-order valence-electron chi connectivity index (χ0n) is 15.4. The molecule has 0 radical (unpaired) electrons. The quantitative estimate of drug-likeness (QED) is 0.586. The first kappa shape index (κ1) is 19.5. The minimum atomic E-state index is -3.69. The van der Waals surface area contributed by atoms with Crippen LogP contribution in [0.25, 0.3) is 11.0 Å². The van der Waals surface area contributed by atoms with Gasteiger partial charge in [0.25, 0.3) is 0 Å². The fourth-order valence-electron chi connectivity index (χ4n) is 2.92. The van der Waals surface area contributed by atoms with Crippen LogP contribution >= 0.6 is 11.8 Å². The standard InChI is InChI=1S/C19H17F2N3O4S/c1-26-9-8-24-14-5-3-2-4-13(14)23-18(24)29-11-17(25)22-12-6-7-15-16(10-12)28-19(20,21)27-15/h2-7,10H,8-9,11H2,1H3,(H,22,25). The van der Waals surface area contributed by atoms with E-state index in [0.717, 1.165) is 11.0 Å². The van der Waals surface area contributed by atoms with Gasteiger partial charge in [-0.15, -0.1) is 8.78 Å². The van der Waals surface area contributed by atoms with Gasteiger partial charge in [-0.05, 0) is 24.3 Å². The van der Waals surface area contributed by atoms with Crippen LogP contribution in [-0.2, 0) is 16.1 Å². The van der Waals surface area contributed by atoms with Crippen LogP contribution in [0.1, 0.15) is 0 Å². The number of thioether (sulfide) groups is 1. The predicted octanol–water partition coefficient (Wildman–Crippen LogP) is 3.74. The lowest BCUT2D eigenvalue weighted by Gasteiger charge is -2.09. The van der Waals surface area contributed by atoms with E-state index in [9.17, 15) is 13.6 Å². The van der Waals surface area contributed by atoms with Crippen molar-refractivity contribution in [1.29, 1.82) is 0 Å². The average molecular weight is 421 g/mol. The van der Waals surface area contributed by atoms with Gasteiger partial charge in [0, 0.05) is 25.4 Å². The molecule has 0 unspecified atom stereocenters. The monoisotopic (exact) mass is 421 g/mol. The number of fused-ring (bicyclic) bond motifs is 2. The van der Waals surface area contributed by atoms with E-state index in [2.05, 4.69) is 19.8 Å². The molecule has 3 aromatic rings. The molecular formula is C19H17F2N3O4S. The second-order valence-corrected chi connectivity index (χ2v) is 7.14. The van der Waals surface area contributed by atoms with Crippen LogP contribution in [0.4, 0.5) is 14.5 Å². The van der Waals surface area contributed by atoms with Gasteiger partial charge in [-0.1, -0.05) is 23.9 Å². The van der Waals surface area contributed by atoms with Crippen molar-refractivity contribution in [2.24, 2.45) is 0 Å². The largest absolute Gasteiger partial charge is 0.586 e. The van der Waals surface area contributed by atoms with Gasteiger partial charge in [-0.2, -0.15) is 0 Å². The maximum Gasteiger partial charge on any atom is 0.586 e. The summed E-state index contributed by atoms with van der Waals surface area (Å²) in [6.07, 6.45) is -3.69. The van der Waals surface area contributed by atoms with E-state index in [-0.39, 0.29) is 23.2 Å². The molecule has 1 aromatic heterocycles. The lowest BCUT2D eigenvalue weighted by Crippen LogP contribution is -2.25. The highest BCUT2D eigenvalue weighted by atomic mass is 32.2. The Hall–Kier alpha value is -2.85. The summed E-state index contributed by atoms with van der Waals surface area (Å²) in [4.78, 5) is 16.9. The summed E-state index contributed by atoms with van der Waals surface area (Å²) in [7, 11) is 1.63. The SMILES string of the molecule is COCCn1c(SCC(=O)Nc2ccc3c(c2)OC(F)(F)O3)nc2ccccc21. The van der Waals surface area contributed by atoms with Crippen LogP contribution in [0.15, 0.2) is 47.6 Å². The summed E-state index contributed by atoms with van der Waals surface area (Å²) < 4.78 is 42.1. The van der Waals surface area contributed by atoms with Gasteiger partial charge in [-0.3, -0.25) is 4.79 Å². The first-order valence-electron chi connectivity index (χ1n) is 8.72. The maximum atomic E-state index is 13.1. The van der Waals surface area contributed by atoms with Gasteiger partial charge in [0.1, 0.15) is 0 Å². The lowest BCUT2D eigenvalue weighted by atomic mass is 10.3. The molecule has 0 atom stereocenters. The highest BCUT2D eigenvalue weighted by molar-refractivity contribution is 7.99. The Bertz CT molecular complexity index is 1060. The highest BCUT2D eigenvalue weighted by Gasteiger charge is 2.43. The summed E-state index contributed by atoms with van der Waals surface area (Å²) in [5.74, 6) is -0.400. The molecule has 1 amide bonds. The van der Waals surface area contributed by atoms with Crippen LogP contribution in [0, 0.1) is 0 Å². The number of amides is 1. The maximum absolute atomic E-state index is 13.1. The second-order valence-electron chi connectivity index (χ2n) is 6.19. The fraction of sp³-hybridized carbons (Fsp3) is 0.263. The number of rotatable bonds is 7. The van der Waals surface area contributed by atoms with Crippen LogP contribution in [0.5, 0.6) is 11.5 Å². The Morgan fingerprint density at radius 3 is 2.86 bits per heavy atom. The van der Waals surface area contributed by atoms with E-state index in [1.807, 2.05) is 28.8 Å². The highest BCUT2D eigenvalue weighted by Crippen LogP contribution is 2.42. The molecule has 0 fully saturated rings. The van der Waals surface area contributed by atoms with Gasteiger partial charge in [0.15, 0.2) is 16.7 Å². The molecule has 2 heterocycles. The summed E-state index contributed by atoms with van der Waals surface area (Å²) in [6, 6.07) is 11.8. The minimum Gasteiger partial charge on any atom is -0.395 e. The Balaban J connectivity index is 1.43. The van der Waals surface area contributed by atoms with E-state index in [4.69, 9.17) is 4.74 Å². The molecule has 152 valence electrons.